The molecule has 6 heteroatoms. The van der Waals surface area contributed by atoms with Gasteiger partial charge in [-0.25, -0.2) is 0 Å². The lowest BCUT2D eigenvalue weighted by Gasteiger charge is -2.30. The SMILES string of the molecule is S=C1N[C@@H](c2ccccn2)[C@@H](c2cccn2C2CCCC2)N1c1ccc(Cl)cc1. The first-order valence-corrected chi connectivity index (χ1v) is 10.9. The highest BCUT2D eigenvalue weighted by atomic mass is 35.5. The van der Waals surface area contributed by atoms with E-state index in [-0.39, 0.29) is 12.1 Å². The summed E-state index contributed by atoms with van der Waals surface area (Å²) in [6, 6.07) is 18.9. The molecule has 29 heavy (non-hydrogen) atoms. The Morgan fingerprint density at radius 1 is 1.00 bits per heavy atom. The molecule has 0 spiro atoms. The molecule has 148 valence electrons. The molecule has 5 rings (SSSR count). The van der Waals surface area contributed by atoms with Crippen LogP contribution in [0.2, 0.25) is 5.02 Å². The van der Waals surface area contributed by atoms with Crippen LogP contribution >= 0.6 is 23.8 Å². The maximum atomic E-state index is 6.15. The summed E-state index contributed by atoms with van der Waals surface area (Å²) in [5.41, 5.74) is 3.31. The standard InChI is InChI=1S/C23H23ClN4S/c24-16-10-12-18(13-11-16)28-22(20-9-5-15-27(20)17-6-1-2-7-17)21(26-23(28)29)19-8-3-4-14-25-19/h3-5,8-15,17,21-22H,1-2,6-7H2,(H,26,29)/t21-,22+/m0/s1. The number of hydrogen-bond acceptors (Lipinski definition) is 2. The minimum absolute atomic E-state index is 0.0190. The lowest BCUT2D eigenvalue weighted by Crippen LogP contribution is -2.30. The summed E-state index contributed by atoms with van der Waals surface area (Å²) in [6.07, 6.45) is 9.14. The van der Waals surface area contributed by atoms with E-state index in [1.165, 1.54) is 31.4 Å². The molecule has 1 saturated heterocycles. The van der Waals surface area contributed by atoms with Crippen LogP contribution in [0, 0.1) is 0 Å². The fraction of sp³-hybridized carbons (Fsp3) is 0.304. The van der Waals surface area contributed by atoms with Crippen molar-refractivity contribution in [1.29, 1.82) is 0 Å². The summed E-state index contributed by atoms with van der Waals surface area (Å²) < 4.78 is 2.46. The number of thiocarbonyl (C=S) groups is 1. The van der Waals surface area contributed by atoms with Crippen molar-refractivity contribution in [2.45, 2.75) is 43.8 Å². The van der Waals surface area contributed by atoms with Gasteiger partial charge >= 0.3 is 0 Å². The maximum Gasteiger partial charge on any atom is 0.174 e. The van der Waals surface area contributed by atoms with Gasteiger partial charge in [0.25, 0.3) is 0 Å². The van der Waals surface area contributed by atoms with E-state index in [0.29, 0.717) is 11.2 Å². The lowest BCUT2D eigenvalue weighted by atomic mass is 10.0. The van der Waals surface area contributed by atoms with Crippen molar-refractivity contribution in [3.8, 4) is 0 Å². The number of hydrogen-bond donors (Lipinski definition) is 1. The zero-order valence-electron chi connectivity index (χ0n) is 16.0. The number of pyridine rings is 1. The summed E-state index contributed by atoms with van der Waals surface area (Å²) in [7, 11) is 0. The van der Waals surface area contributed by atoms with Crippen LogP contribution in [0.25, 0.3) is 0 Å². The van der Waals surface area contributed by atoms with Gasteiger partial charge in [0.05, 0.1) is 11.7 Å². The summed E-state index contributed by atoms with van der Waals surface area (Å²) in [5.74, 6) is 0. The number of rotatable bonds is 4. The van der Waals surface area contributed by atoms with Crippen molar-refractivity contribution in [3.05, 3.63) is 83.4 Å². The third-order valence-corrected chi connectivity index (χ3v) is 6.60. The first kappa shape index (κ1) is 18.6. The highest BCUT2D eigenvalue weighted by molar-refractivity contribution is 7.80. The summed E-state index contributed by atoms with van der Waals surface area (Å²) in [4.78, 5) is 6.86. The Morgan fingerprint density at radius 2 is 1.79 bits per heavy atom. The summed E-state index contributed by atoms with van der Waals surface area (Å²) in [5, 5.41) is 4.97. The van der Waals surface area contributed by atoms with Gasteiger partial charge in [-0.15, -0.1) is 0 Å². The number of anilines is 1. The molecule has 3 aromatic rings. The van der Waals surface area contributed by atoms with Gasteiger partial charge in [0, 0.05) is 34.8 Å². The second-order valence-electron chi connectivity index (χ2n) is 7.75. The van der Waals surface area contributed by atoms with E-state index in [1.807, 2.05) is 42.6 Å². The van der Waals surface area contributed by atoms with Crippen LogP contribution in [0.5, 0.6) is 0 Å². The molecule has 2 fully saturated rings. The molecule has 0 unspecified atom stereocenters. The first-order chi connectivity index (χ1) is 14.2. The summed E-state index contributed by atoms with van der Waals surface area (Å²) in [6.45, 7) is 0. The zero-order chi connectivity index (χ0) is 19.8. The highest BCUT2D eigenvalue weighted by Crippen LogP contribution is 2.43. The zero-order valence-corrected chi connectivity index (χ0v) is 17.6. The molecular weight excluding hydrogens is 400 g/mol. The molecule has 3 heterocycles. The Kier molecular flexibility index (Phi) is 5.02. The average molecular weight is 423 g/mol. The molecule has 1 aromatic carbocycles. The second-order valence-corrected chi connectivity index (χ2v) is 8.57. The largest absolute Gasteiger partial charge is 0.351 e. The second kappa shape index (κ2) is 7.81. The minimum Gasteiger partial charge on any atom is -0.351 e. The van der Waals surface area contributed by atoms with E-state index in [1.54, 1.807) is 0 Å². The molecule has 1 saturated carbocycles. The van der Waals surface area contributed by atoms with Gasteiger partial charge in [0.15, 0.2) is 5.11 Å². The molecule has 2 aromatic heterocycles. The van der Waals surface area contributed by atoms with Crippen molar-refractivity contribution in [3.63, 3.8) is 0 Å². The van der Waals surface area contributed by atoms with Gasteiger partial charge in [-0.05, 0) is 73.6 Å². The van der Waals surface area contributed by atoms with Gasteiger partial charge in [0.2, 0.25) is 0 Å². The van der Waals surface area contributed by atoms with Crippen LogP contribution in [-0.4, -0.2) is 14.7 Å². The van der Waals surface area contributed by atoms with Crippen molar-refractivity contribution < 1.29 is 0 Å². The van der Waals surface area contributed by atoms with Crippen molar-refractivity contribution in [1.82, 2.24) is 14.9 Å². The van der Waals surface area contributed by atoms with Gasteiger partial charge in [-0.1, -0.05) is 30.5 Å². The van der Waals surface area contributed by atoms with Gasteiger partial charge in [-0.3, -0.25) is 4.98 Å². The smallest absolute Gasteiger partial charge is 0.174 e. The maximum absolute atomic E-state index is 6.15. The van der Waals surface area contributed by atoms with Gasteiger partial charge in [0.1, 0.15) is 6.04 Å². The van der Waals surface area contributed by atoms with Crippen LogP contribution < -0.4 is 10.2 Å². The van der Waals surface area contributed by atoms with Gasteiger partial charge in [-0.2, -0.15) is 0 Å². The van der Waals surface area contributed by atoms with Crippen LogP contribution in [0.15, 0.2) is 67.0 Å². The first-order valence-electron chi connectivity index (χ1n) is 10.2. The number of aromatic nitrogens is 2. The fourth-order valence-corrected chi connectivity index (χ4v) is 5.18. The van der Waals surface area contributed by atoms with Crippen LogP contribution in [0.4, 0.5) is 5.69 Å². The minimum atomic E-state index is -0.0190. The van der Waals surface area contributed by atoms with Crippen molar-refractivity contribution >= 4 is 34.6 Å². The number of halogens is 1. The Morgan fingerprint density at radius 3 is 2.52 bits per heavy atom. The molecule has 0 amide bonds. The average Bonchev–Trinajstić information content (AvgIpc) is 3.48. The van der Waals surface area contributed by atoms with Crippen LogP contribution in [0.3, 0.4) is 0 Å². The van der Waals surface area contributed by atoms with Crippen LogP contribution in [-0.2, 0) is 0 Å². The Labute approximate surface area is 181 Å². The van der Waals surface area contributed by atoms with E-state index >= 15 is 0 Å². The Hall–Kier alpha value is -2.37. The van der Waals surface area contributed by atoms with Gasteiger partial charge < -0.3 is 14.8 Å². The molecule has 1 N–H and O–H groups in total. The predicted octanol–water partition coefficient (Wildman–Crippen LogP) is 5.83. The van der Waals surface area contributed by atoms with E-state index in [9.17, 15) is 0 Å². The van der Waals surface area contributed by atoms with E-state index < -0.39 is 0 Å². The van der Waals surface area contributed by atoms with Crippen LogP contribution in [0.1, 0.15) is 55.2 Å². The number of nitrogens with one attached hydrogen (secondary N) is 1. The molecule has 1 aliphatic carbocycles. The third-order valence-electron chi connectivity index (χ3n) is 6.04. The van der Waals surface area contributed by atoms with Crippen molar-refractivity contribution in [2.24, 2.45) is 0 Å². The van der Waals surface area contributed by atoms with Crippen molar-refractivity contribution in [2.75, 3.05) is 4.90 Å². The normalized spacial score (nSPS) is 22.2. The molecular formula is C23H23ClN4S. The van der Waals surface area contributed by atoms with E-state index in [2.05, 4.69) is 44.2 Å². The number of nitrogens with zero attached hydrogens (tertiary/aromatic N) is 3. The molecule has 0 radical (unpaired) electrons. The van der Waals surface area contributed by atoms with E-state index in [0.717, 1.165) is 16.4 Å². The third kappa shape index (κ3) is 3.43. The Bertz CT molecular complexity index is 995. The Balaban J connectivity index is 1.62. The quantitative estimate of drug-likeness (QED) is 0.536. The topological polar surface area (TPSA) is 33.1 Å². The monoisotopic (exact) mass is 422 g/mol. The fourth-order valence-electron chi connectivity index (χ4n) is 4.71. The number of benzene rings is 1. The summed E-state index contributed by atoms with van der Waals surface area (Å²) >= 11 is 12.0. The molecule has 0 bridgehead atoms. The molecule has 2 aliphatic rings. The molecule has 2 atom stereocenters. The van der Waals surface area contributed by atoms with E-state index in [4.69, 9.17) is 23.8 Å². The lowest BCUT2D eigenvalue weighted by molar-refractivity contribution is 0.461. The molecule has 1 aliphatic heterocycles. The highest BCUT2D eigenvalue weighted by Gasteiger charge is 2.42. The molecule has 4 nitrogen and oxygen atoms in total. The predicted molar refractivity (Wildman–Crippen MR) is 121 cm³/mol.